The number of hydrogen-bond acceptors (Lipinski definition) is 8. The highest BCUT2D eigenvalue weighted by molar-refractivity contribution is 5.94. The van der Waals surface area contributed by atoms with Gasteiger partial charge in [0, 0.05) is 18.5 Å². The molecule has 11 heteroatoms. The fourth-order valence-electron chi connectivity index (χ4n) is 4.55. The Morgan fingerprint density at radius 3 is 2.04 bits per heavy atom. The number of carbonyl (C=O) groups excluding carboxylic acids is 4. The van der Waals surface area contributed by atoms with Crippen molar-refractivity contribution in [3.8, 4) is 5.75 Å². The van der Waals surface area contributed by atoms with Gasteiger partial charge < -0.3 is 35.2 Å². The summed E-state index contributed by atoms with van der Waals surface area (Å²) in [5.41, 5.74) is -0.347. The summed E-state index contributed by atoms with van der Waals surface area (Å²) in [5, 5.41) is 26.5. The Morgan fingerprint density at radius 2 is 1.49 bits per heavy atom. The lowest BCUT2D eigenvalue weighted by Gasteiger charge is -2.35. The molecular formula is C34H49N3O8. The van der Waals surface area contributed by atoms with E-state index in [0.29, 0.717) is 18.4 Å². The number of aliphatic hydroxyl groups excluding tert-OH is 1. The summed E-state index contributed by atoms with van der Waals surface area (Å²) in [5.74, 6) is -2.39. The first-order valence-electron chi connectivity index (χ1n) is 15.2. The highest BCUT2D eigenvalue weighted by Gasteiger charge is 2.39. The van der Waals surface area contributed by atoms with Crippen molar-refractivity contribution in [3.05, 3.63) is 65.2 Å². The molecule has 0 aliphatic carbocycles. The molecule has 0 aliphatic rings. The van der Waals surface area contributed by atoms with Crippen LogP contribution < -0.4 is 10.6 Å². The molecule has 0 aromatic heterocycles. The summed E-state index contributed by atoms with van der Waals surface area (Å²) in [6.07, 6.45) is 0.302. The summed E-state index contributed by atoms with van der Waals surface area (Å²) >= 11 is 0. The lowest BCUT2D eigenvalue weighted by molar-refractivity contribution is -0.159. The molecule has 3 atom stereocenters. The Labute approximate surface area is 266 Å². The van der Waals surface area contributed by atoms with Crippen molar-refractivity contribution in [2.45, 2.75) is 104 Å². The molecule has 3 unspecified atom stereocenters. The molecular weight excluding hydrogens is 578 g/mol. The van der Waals surface area contributed by atoms with Gasteiger partial charge in [0.25, 0.3) is 0 Å². The molecule has 4 N–H and O–H groups in total. The van der Waals surface area contributed by atoms with E-state index in [1.54, 1.807) is 60.6 Å². The average Bonchev–Trinajstić information content (AvgIpc) is 2.93. The first kappa shape index (κ1) is 37.1. The number of phenols is 1. The SMILES string of the molecule is CCCCN(C(=O)C(CO)NC(=O)OC(C)(C)C)C(C(=O)NC(Cc1ccccc1)C(=O)OC(C)(C)C)c1cccc(C)c1O. The predicted octanol–water partition coefficient (Wildman–Crippen LogP) is 4.33. The van der Waals surface area contributed by atoms with E-state index < -0.39 is 59.8 Å². The van der Waals surface area contributed by atoms with Crippen molar-refractivity contribution in [2.24, 2.45) is 0 Å². The number of benzene rings is 2. The van der Waals surface area contributed by atoms with E-state index in [1.165, 1.54) is 11.0 Å². The number of amides is 3. The quantitative estimate of drug-likeness (QED) is 0.239. The molecule has 0 bridgehead atoms. The zero-order valence-electron chi connectivity index (χ0n) is 27.7. The number of nitrogens with one attached hydrogen (secondary N) is 2. The Hall–Kier alpha value is -4.12. The summed E-state index contributed by atoms with van der Waals surface area (Å²) in [6.45, 7) is 13.0. The molecule has 45 heavy (non-hydrogen) atoms. The largest absolute Gasteiger partial charge is 0.507 e. The smallest absolute Gasteiger partial charge is 0.408 e. The third kappa shape index (κ3) is 11.7. The van der Waals surface area contributed by atoms with Crippen LogP contribution >= 0.6 is 0 Å². The monoisotopic (exact) mass is 627 g/mol. The second kappa shape index (κ2) is 16.3. The lowest BCUT2D eigenvalue weighted by atomic mass is 9.98. The van der Waals surface area contributed by atoms with Crippen LogP contribution in [0.2, 0.25) is 0 Å². The van der Waals surface area contributed by atoms with Gasteiger partial charge in [-0.05, 0) is 66.0 Å². The van der Waals surface area contributed by atoms with Crippen molar-refractivity contribution in [2.75, 3.05) is 13.2 Å². The number of aryl methyl sites for hydroxylation is 1. The summed E-state index contributed by atoms with van der Waals surface area (Å²) in [6, 6.07) is 9.90. The minimum atomic E-state index is -1.45. The number of phenolic OH excluding ortho intramolecular Hbond substituents is 1. The highest BCUT2D eigenvalue weighted by Crippen LogP contribution is 2.33. The van der Waals surface area contributed by atoms with Crippen LogP contribution in [-0.4, -0.2) is 75.4 Å². The number of hydrogen-bond donors (Lipinski definition) is 4. The number of nitrogens with zero attached hydrogens (tertiary/aromatic N) is 1. The molecule has 0 radical (unpaired) electrons. The van der Waals surface area contributed by atoms with Crippen LogP contribution in [0.1, 0.15) is 84.0 Å². The molecule has 0 fully saturated rings. The van der Waals surface area contributed by atoms with Gasteiger partial charge in [-0.2, -0.15) is 0 Å². The van der Waals surface area contributed by atoms with Gasteiger partial charge >= 0.3 is 12.1 Å². The maximum atomic E-state index is 14.3. The van der Waals surface area contributed by atoms with Crippen LogP contribution in [0, 0.1) is 6.92 Å². The van der Waals surface area contributed by atoms with Crippen molar-refractivity contribution < 1.29 is 38.9 Å². The Bertz CT molecular complexity index is 1300. The van der Waals surface area contributed by atoms with Gasteiger partial charge in [-0.1, -0.05) is 61.9 Å². The maximum absolute atomic E-state index is 14.3. The van der Waals surface area contributed by atoms with E-state index in [4.69, 9.17) is 9.47 Å². The van der Waals surface area contributed by atoms with Crippen LogP contribution in [0.25, 0.3) is 0 Å². The van der Waals surface area contributed by atoms with Crippen LogP contribution in [0.15, 0.2) is 48.5 Å². The number of aliphatic hydroxyl groups is 1. The van der Waals surface area contributed by atoms with E-state index in [2.05, 4.69) is 10.6 Å². The van der Waals surface area contributed by atoms with Crippen molar-refractivity contribution in [3.63, 3.8) is 0 Å². The topological polar surface area (TPSA) is 154 Å². The summed E-state index contributed by atoms with van der Waals surface area (Å²) in [4.78, 5) is 55.5. The molecule has 0 saturated carbocycles. The standard InChI is InChI=1S/C34H49N3O8/c1-9-10-19-37(30(41)26(21-38)36-32(43)45-34(6,7)8)27(24-18-14-15-22(2)28(24)39)29(40)35-25(31(42)44-33(3,4)5)20-23-16-12-11-13-17-23/h11-18,25-27,38-39H,9-10,19-21H2,1-8H3,(H,35,40)(H,36,43). The first-order valence-corrected chi connectivity index (χ1v) is 15.2. The van der Waals surface area contributed by atoms with Crippen LogP contribution in [0.4, 0.5) is 4.79 Å². The number of rotatable bonds is 13. The Balaban J connectivity index is 2.61. The van der Waals surface area contributed by atoms with Crippen molar-refractivity contribution in [1.29, 1.82) is 0 Å². The number of ether oxygens (including phenoxy) is 2. The second-order valence-corrected chi connectivity index (χ2v) is 13.0. The van der Waals surface area contributed by atoms with Crippen LogP contribution in [0.3, 0.4) is 0 Å². The van der Waals surface area contributed by atoms with E-state index in [1.807, 2.05) is 37.3 Å². The molecule has 0 spiro atoms. The van der Waals surface area contributed by atoms with Crippen molar-refractivity contribution in [1.82, 2.24) is 15.5 Å². The fraction of sp³-hybridized carbons (Fsp3) is 0.529. The third-order valence-electron chi connectivity index (χ3n) is 6.62. The Kier molecular flexibility index (Phi) is 13.4. The summed E-state index contributed by atoms with van der Waals surface area (Å²) in [7, 11) is 0. The van der Waals surface area contributed by atoms with Gasteiger partial charge in [-0.25, -0.2) is 9.59 Å². The van der Waals surface area contributed by atoms with Gasteiger partial charge in [0.05, 0.1) is 6.61 Å². The summed E-state index contributed by atoms with van der Waals surface area (Å²) < 4.78 is 10.9. The number of para-hydroxylation sites is 1. The normalized spacial score (nSPS) is 13.6. The van der Waals surface area contributed by atoms with E-state index in [0.717, 1.165) is 5.56 Å². The van der Waals surface area contributed by atoms with Gasteiger partial charge in [-0.3, -0.25) is 9.59 Å². The molecule has 2 aromatic rings. The average molecular weight is 628 g/mol. The molecule has 0 aliphatic heterocycles. The minimum absolute atomic E-state index is 0.0447. The molecule has 11 nitrogen and oxygen atoms in total. The molecule has 3 amide bonds. The fourth-order valence-corrected chi connectivity index (χ4v) is 4.55. The van der Waals surface area contributed by atoms with Crippen LogP contribution in [0.5, 0.6) is 5.75 Å². The molecule has 0 heterocycles. The molecule has 0 saturated heterocycles. The molecule has 2 aromatic carbocycles. The van der Waals surface area contributed by atoms with Gasteiger partial charge in [0.1, 0.15) is 35.1 Å². The minimum Gasteiger partial charge on any atom is -0.507 e. The number of esters is 1. The van der Waals surface area contributed by atoms with E-state index in [-0.39, 0.29) is 24.3 Å². The zero-order chi connectivity index (χ0) is 33.9. The lowest BCUT2D eigenvalue weighted by Crippen LogP contribution is -2.56. The molecule has 2 rings (SSSR count). The second-order valence-electron chi connectivity index (χ2n) is 13.0. The van der Waals surface area contributed by atoms with Gasteiger partial charge in [0.15, 0.2) is 0 Å². The number of carbonyl (C=O) groups is 4. The van der Waals surface area contributed by atoms with Crippen molar-refractivity contribution >= 4 is 23.9 Å². The first-order chi connectivity index (χ1) is 21.0. The molecule has 248 valence electrons. The predicted molar refractivity (Wildman–Crippen MR) is 170 cm³/mol. The van der Waals surface area contributed by atoms with E-state index >= 15 is 0 Å². The van der Waals surface area contributed by atoms with Gasteiger partial charge in [-0.15, -0.1) is 0 Å². The third-order valence-corrected chi connectivity index (χ3v) is 6.62. The number of aromatic hydroxyl groups is 1. The van der Waals surface area contributed by atoms with E-state index in [9.17, 15) is 29.4 Å². The Morgan fingerprint density at radius 1 is 0.867 bits per heavy atom. The number of alkyl carbamates (subject to hydrolysis) is 1. The highest BCUT2D eigenvalue weighted by atomic mass is 16.6. The zero-order valence-corrected chi connectivity index (χ0v) is 27.7. The van der Waals surface area contributed by atoms with Gasteiger partial charge in [0.2, 0.25) is 11.8 Å². The number of unbranched alkanes of at least 4 members (excludes halogenated alkanes) is 1. The van der Waals surface area contributed by atoms with Crippen LogP contribution in [-0.2, 0) is 30.3 Å². The maximum Gasteiger partial charge on any atom is 0.408 e.